The average Bonchev–Trinajstić information content (AvgIpc) is 3.49. The van der Waals surface area contributed by atoms with Gasteiger partial charge in [-0.25, -0.2) is 9.97 Å². The van der Waals surface area contributed by atoms with E-state index >= 15 is 0 Å². The molecule has 5 rings (SSSR count). The maximum atomic E-state index is 12.5. The number of carbonyl (C=O) groups excluding carboxylic acids is 1. The Hall–Kier alpha value is -3.61. The molecule has 7 heteroatoms. The van der Waals surface area contributed by atoms with Crippen molar-refractivity contribution >= 4 is 17.4 Å². The molecule has 1 aliphatic heterocycles. The number of benzene rings is 1. The molecule has 0 spiro atoms. The molecule has 1 aromatic carbocycles. The smallest absolute Gasteiger partial charge is 0.255 e. The first kappa shape index (κ1) is 25.1. The minimum atomic E-state index is 0.0370. The number of nitrogens with one attached hydrogen (secondary N) is 1. The fourth-order valence-corrected chi connectivity index (χ4v) is 5.07. The minimum Gasteiger partial charge on any atom is -0.553 e. The molecule has 7 nitrogen and oxygen atoms in total. The zero-order valence-corrected chi connectivity index (χ0v) is 21.6. The largest absolute Gasteiger partial charge is 0.553 e. The molecule has 1 fully saturated rings. The van der Waals surface area contributed by atoms with E-state index in [9.17, 15) is 4.79 Å². The molecule has 37 heavy (non-hydrogen) atoms. The second-order valence-corrected chi connectivity index (χ2v) is 10.1. The van der Waals surface area contributed by atoms with E-state index in [0.717, 1.165) is 75.7 Å². The Morgan fingerprint density at radius 2 is 1.89 bits per heavy atom. The third-order valence-electron chi connectivity index (χ3n) is 7.55. The molecule has 1 unspecified atom stereocenters. The summed E-state index contributed by atoms with van der Waals surface area (Å²) in [5, 5.41) is 3.02. The molecule has 1 amide bonds. The van der Waals surface area contributed by atoms with Crippen molar-refractivity contribution in [1.29, 1.82) is 0 Å². The lowest BCUT2D eigenvalue weighted by molar-refractivity contribution is -0.125. The van der Waals surface area contributed by atoms with Crippen molar-refractivity contribution in [2.45, 2.75) is 52.0 Å². The summed E-state index contributed by atoms with van der Waals surface area (Å²) in [6, 6.07) is 12.2. The Morgan fingerprint density at radius 3 is 2.54 bits per heavy atom. The summed E-state index contributed by atoms with van der Waals surface area (Å²) in [7, 11) is 0. The van der Waals surface area contributed by atoms with Crippen LogP contribution in [-0.2, 0) is 17.8 Å². The second-order valence-electron chi connectivity index (χ2n) is 10.1. The highest BCUT2D eigenvalue weighted by atomic mass is 16.5. The first-order valence-electron chi connectivity index (χ1n) is 13.5. The molecule has 194 valence electrons. The zero-order chi connectivity index (χ0) is 25.5. The summed E-state index contributed by atoms with van der Waals surface area (Å²) in [4.78, 5) is 23.8. The van der Waals surface area contributed by atoms with Crippen molar-refractivity contribution in [2.24, 2.45) is 11.8 Å². The first-order valence-corrected chi connectivity index (χ1v) is 13.5. The maximum Gasteiger partial charge on any atom is 0.255 e. The van der Waals surface area contributed by atoms with Gasteiger partial charge in [-0.2, -0.15) is 0 Å². The summed E-state index contributed by atoms with van der Waals surface area (Å²) in [6.45, 7) is 5.30. The molecular formula is C30H37N4O3+. The highest BCUT2D eigenvalue weighted by Crippen LogP contribution is 2.31. The van der Waals surface area contributed by atoms with Gasteiger partial charge in [0.2, 0.25) is 18.1 Å². The number of amides is 1. The molecule has 2 aromatic heterocycles. The molecule has 1 atom stereocenters. The van der Waals surface area contributed by atoms with Crippen LogP contribution < -0.4 is 15.0 Å². The van der Waals surface area contributed by atoms with Crippen LogP contribution in [0.1, 0.15) is 55.9 Å². The lowest BCUT2D eigenvalue weighted by Crippen LogP contribution is -2.36. The molecule has 1 saturated heterocycles. The maximum absolute atomic E-state index is 12.5. The number of ether oxygens (including phenoxy) is 1. The van der Waals surface area contributed by atoms with Gasteiger partial charge in [-0.15, -0.1) is 0 Å². The van der Waals surface area contributed by atoms with Crippen LogP contribution in [0.25, 0.3) is 5.57 Å². The molecule has 0 radical (unpaired) electrons. The van der Waals surface area contributed by atoms with Crippen LogP contribution in [-0.4, -0.2) is 35.6 Å². The van der Waals surface area contributed by atoms with Crippen molar-refractivity contribution in [3.05, 3.63) is 78.0 Å². The van der Waals surface area contributed by atoms with E-state index in [1.165, 1.54) is 16.7 Å². The Balaban J connectivity index is 1.04. The number of hydrogen-bond acceptors (Lipinski definition) is 5. The van der Waals surface area contributed by atoms with Gasteiger partial charge in [0.1, 0.15) is 12.3 Å². The van der Waals surface area contributed by atoms with Gasteiger partial charge in [0.15, 0.2) is 0 Å². The van der Waals surface area contributed by atoms with E-state index in [4.69, 9.17) is 4.74 Å². The summed E-state index contributed by atoms with van der Waals surface area (Å²) >= 11 is 0. The number of nitrogens with zero attached hydrogens (tertiary/aromatic N) is 3. The van der Waals surface area contributed by atoms with E-state index in [0.29, 0.717) is 12.5 Å². The predicted octanol–water partition coefficient (Wildman–Crippen LogP) is 5.54. The number of piperidine rings is 1. The predicted molar refractivity (Wildman–Crippen MR) is 145 cm³/mol. The van der Waals surface area contributed by atoms with Crippen molar-refractivity contribution in [1.82, 2.24) is 15.3 Å². The van der Waals surface area contributed by atoms with Gasteiger partial charge >= 0.3 is 0 Å². The van der Waals surface area contributed by atoms with E-state index in [1.807, 2.05) is 24.5 Å². The van der Waals surface area contributed by atoms with Crippen LogP contribution >= 0.6 is 0 Å². The molecular weight excluding hydrogens is 464 g/mol. The zero-order valence-electron chi connectivity index (χ0n) is 21.6. The molecule has 0 bridgehead atoms. The highest BCUT2D eigenvalue weighted by molar-refractivity contribution is 5.80. The Kier molecular flexibility index (Phi) is 8.18. The van der Waals surface area contributed by atoms with Crippen LogP contribution in [0.3, 0.4) is 0 Å². The quantitative estimate of drug-likeness (QED) is 0.390. The van der Waals surface area contributed by atoms with Crippen molar-refractivity contribution < 1.29 is 13.9 Å². The summed E-state index contributed by atoms with van der Waals surface area (Å²) in [5.41, 5.74) is 3.71. The fraction of sp³-hybridized carbons (Fsp3) is 0.433. The minimum absolute atomic E-state index is 0.0370. The number of carbonyl (C=O) groups is 1. The molecule has 2 aliphatic rings. The van der Waals surface area contributed by atoms with Gasteiger partial charge in [-0.1, -0.05) is 25.1 Å². The van der Waals surface area contributed by atoms with Crippen LogP contribution in [0.2, 0.25) is 0 Å². The van der Waals surface area contributed by atoms with Crippen molar-refractivity contribution in [3.8, 4) is 5.75 Å². The monoisotopic (exact) mass is 501 g/mol. The van der Waals surface area contributed by atoms with Crippen LogP contribution in [0.5, 0.6) is 5.75 Å². The number of anilines is 1. The normalized spacial score (nSPS) is 18.4. The lowest BCUT2D eigenvalue weighted by atomic mass is 9.86. The van der Waals surface area contributed by atoms with Crippen molar-refractivity contribution in [2.75, 3.05) is 24.6 Å². The van der Waals surface area contributed by atoms with E-state index < -0.39 is 0 Å². The van der Waals surface area contributed by atoms with Gasteiger partial charge in [-0.3, -0.25) is 4.79 Å². The molecule has 0 saturated carbocycles. The van der Waals surface area contributed by atoms with Gasteiger partial charge in [0, 0.05) is 43.5 Å². The van der Waals surface area contributed by atoms with E-state index in [1.54, 1.807) is 6.26 Å². The third kappa shape index (κ3) is 6.59. The summed E-state index contributed by atoms with van der Waals surface area (Å²) in [6.07, 6.45) is 13.5. The molecule has 3 heterocycles. The average molecular weight is 502 g/mol. The SMILES string of the molecule is CCc1cnc(N2CCC(COc3ccc(C4=CCC(C(=O)NCc5ccc[oH+]5)CC4)cc3)CC2)nc1. The fourth-order valence-electron chi connectivity index (χ4n) is 5.07. The molecule has 3 aromatic rings. The van der Waals surface area contributed by atoms with Gasteiger partial charge in [-0.05, 0) is 73.3 Å². The van der Waals surface area contributed by atoms with Crippen LogP contribution in [0.4, 0.5) is 5.95 Å². The van der Waals surface area contributed by atoms with Gasteiger partial charge in [0.05, 0.1) is 6.61 Å². The number of furan rings is 1. The summed E-state index contributed by atoms with van der Waals surface area (Å²) < 4.78 is 10.3. The Bertz CT molecular complexity index is 1160. The number of hydrogen-bond donors (Lipinski definition) is 1. The molecule has 2 N–H and O–H groups in total. The van der Waals surface area contributed by atoms with Gasteiger partial charge in [0.25, 0.3) is 5.76 Å². The van der Waals surface area contributed by atoms with E-state index in [-0.39, 0.29) is 11.8 Å². The molecule has 1 aliphatic carbocycles. The number of allylic oxidation sites excluding steroid dienone is 2. The van der Waals surface area contributed by atoms with Crippen LogP contribution in [0.15, 0.2) is 65.5 Å². The topological polar surface area (TPSA) is 80.2 Å². The number of aromatic nitrogens is 2. The number of rotatable bonds is 9. The second kappa shape index (κ2) is 12.1. The summed E-state index contributed by atoms with van der Waals surface area (Å²) in [5.74, 6) is 3.36. The highest BCUT2D eigenvalue weighted by Gasteiger charge is 2.23. The third-order valence-corrected chi connectivity index (χ3v) is 7.55. The Morgan fingerprint density at radius 1 is 1.11 bits per heavy atom. The van der Waals surface area contributed by atoms with Gasteiger partial charge < -0.3 is 19.4 Å². The van der Waals surface area contributed by atoms with Crippen molar-refractivity contribution in [3.63, 3.8) is 0 Å². The lowest BCUT2D eigenvalue weighted by Gasteiger charge is -2.31. The standard InChI is InChI=1S/C30H36N4O3/c1-2-22-18-32-30(33-19-22)34-15-13-23(14-16-34)21-37-27-11-9-25(10-12-27)24-5-7-26(8-6-24)29(35)31-20-28-4-3-17-36-28/h3-5,9-12,17-19,23,26H,2,6-8,13-16,20-21H2,1H3,(H,31,35)/p+1. The Labute approximate surface area is 219 Å². The number of aryl methyl sites for hydroxylation is 1. The first-order chi connectivity index (χ1) is 18.2. The van der Waals surface area contributed by atoms with E-state index in [2.05, 4.69) is 61.9 Å². The van der Waals surface area contributed by atoms with Crippen LogP contribution in [0, 0.1) is 11.8 Å².